The van der Waals surface area contributed by atoms with Crippen LogP contribution in [0.4, 0.5) is 10.1 Å². The van der Waals surface area contributed by atoms with E-state index in [0.29, 0.717) is 46.1 Å². The van der Waals surface area contributed by atoms with Gasteiger partial charge in [-0.15, -0.1) is 0 Å². The van der Waals surface area contributed by atoms with E-state index in [4.69, 9.17) is 14.2 Å². The van der Waals surface area contributed by atoms with Crippen molar-refractivity contribution in [2.24, 2.45) is 0 Å². The maximum Gasteiger partial charge on any atom is 0.263 e. The Kier molecular flexibility index (Phi) is 8.01. The van der Waals surface area contributed by atoms with Crippen molar-refractivity contribution in [3.8, 4) is 22.9 Å². The van der Waals surface area contributed by atoms with Gasteiger partial charge in [0.05, 0.1) is 25.4 Å². The van der Waals surface area contributed by atoms with Crippen molar-refractivity contribution in [1.82, 2.24) is 4.57 Å². The normalized spacial score (nSPS) is 10.8. The zero-order valence-corrected chi connectivity index (χ0v) is 23.0. The van der Waals surface area contributed by atoms with Crippen LogP contribution < -0.4 is 24.5 Å². The highest BCUT2D eigenvalue weighted by Gasteiger charge is 2.23. The summed E-state index contributed by atoms with van der Waals surface area (Å²) in [6.45, 7) is 2.35. The van der Waals surface area contributed by atoms with Crippen LogP contribution in [0.5, 0.6) is 17.2 Å². The number of hydrogen-bond acceptors (Lipinski definition) is 5. The van der Waals surface area contributed by atoms with Gasteiger partial charge in [-0.25, -0.2) is 4.39 Å². The molecule has 0 aliphatic rings. The second-order valence-corrected chi connectivity index (χ2v) is 9.30. The number of aromatic nitrogens is 1. The number of methoxy groups -OCH3 is 2. The first-order valence-electron chi connectivity index (χ1n) is 13.1. The molecule has 41 heavy (non-hydrogen) atoms. The number of fused-ring (bicyclic) bond motifs is 1. The zero-order valence-electron chi connectivity index (χ0n) is 23.0. The van der Waals surface area contributed by atoms with Crippen molar-refractivity contribution in [2.45, 2.75) is 13.5 Å². The maximum absolute atomic E-state index is 14.0. The van der Waals surface area contributed by atoms with Gasteiger partial charge >= 0.3 is 0 Å². The lowest BCUT2D eigenvalue weighted by atomic mass is 10.1. The van der Waals surface area contributed by atoms with Crippen molar-refractivity contribution >= 4 is 22.5 Å². The summed E-state index contributed by atoms with van der Waals surface area (Å²) in [6.07, 6.45) is 1.50. The number of pyridine rings is 1. The van der Waals surface area contributed by atoms with Gasteiger partial charge in [0, 0.05) is 48.1 Å². The Morgan fingerprint density at radius 1 is 0.854 bits per heavy atom. The summed E-state index contributed by atoms with van der Waals surface area (Å²) in [6, 6.07) is 25.9. The summed E-state index contributed by atoms with van der Waals surface area (Å²) in [5.74, 6) is 0.601. The Morgan fingerprint density at radius 2 is 1.59 bits per heavy atom. The molecule has 5 aromatic rings. The van der Waals surface area contributed by atoms with Crippen LogP contribution in [0.3, 0.4) is 0 Å². The number of carbonyl (C=O) groups excluding carboxylic acids is 1. The van der Waals surface area contributed by atoms with E-state index >= 15 is 0 Å². The SMILES string of the molecule is CCN(C(=O)c1cn(-c2cc(OC)cc(OC)c2)c2cc(OCc3ccccc3)ccc2c1=O)c1cccc(F)c1. The summed E-state index contributed by atoms with van der Waals surface area (Å²) >= 11 is 0. The van der Waals surface area contributed by atoms with Crippen LogP contribution in [0.2, 0.25) is 0 Å². The minimum Gasteiger partial charge on any atom is -0.497 e. The highest BCUT2D eigenvalue weighted by Crippen LogP contribution is 2.29. The first kappa shape index (κ1) is 27.5. The molecule has 0 aliphatic carbocycles. The number of amides is 1. The van der Waals surface area contributed by atoms with Crippen LogP contribution in [0.1, 0.15) is 22.8 Å². The van der Waals surface area contributed by atoms with Crippen LogP contribution in [0.15, 0.2) is 102 Å². The lowest BCUT2D eigenvalue weighted by Crippen LogP contribution is -2.34. The predicted octanol–water partition coefficient (Wildman–Crippen LogP) is 6.39. The van der Waals surface area contributed by atoms with Crippen molar-refractivity contribution in [2.75, 3.05) is 25.7 Å². The molecule has 0 radical (unpaired) electrons. The molecule has 1 amide bonds. The van der Waals surface area contributed by atoms with E-state index < -0.39 is 17.2 Å². The molecule has 7 nitrogen and oxygen atoms in total. The van der Waals surface area contributed by atoms with E-state index in [1.807, 2.05) is 30.3 Å². The fourth-order valence-corrected chi connectivity index (χ4v) is 4.67. The van der Waals surface area contributed by atoms with Gasteiger partial charge in [-0.1, -0.05) is 36.4 Å². The largest absolute Gasteiger partial charge is 0.497 e. The van der Waals surface area contributed by atoms with Gasteiger partial charge < -0.3 is 23.7 Å². The Balaban J connectivity index is 1.68. The van der Waals surface area contributed by atoms with E-state index in [-0.39, 0.29) is 12.1 Å². The third kappa shape index (κ3) is 5.77. The monoisotopic (exact) mass is 552 g/mol. The molecule has 1 heterocycles. The summed E-state index contributed by atoms with van der Waals surface area (Å²) in [5, 5.41) is 0.319. The topological polar surface area (TPSA) is 70.0 Å². The van der Waals surface area contributed by atoms with Crippen molar-refractivity contribution in [3.05, 3.63) is 124 Å². The Labute approximate surface area is 236 Å². The maximum atomic E-state index is 14.0. The van der Waals surface area contributed by atoms with E-state index in [0.717, 1.165) is 5.56 Å². The molecule has 0 spiro atoms. The van der Waals surface area contributed by atoms with Crippen LogP contribution in [0.25, 0.3) is 16.6 Å². The highest BCUT2D eigenvalue weighted by atomic mass is 19.1. The molecule has 0 saturated heterocycles. The molecule has 0 atom stereocenters. The van der Waals surface area contributed by atoms with Gasteiger partial charge in [-0.2, -0.15) is 0 Å². The van der Waals surface area contributed by atoms with Crippen LogP contribution in [-0.2, 0) is 6.61 Å². The molecular formula is C33H29FN2O5. The first-order valence-corrected chi connectivity index (χ1v) is 13.1. The number of benzene rings is 4. The average Bonchev–Trinajstić information content (AvgIpc) is 3.00. The number of hydrogen-bond donors (Lipinski definition) is 0. The summed E-state index contributed by atoms with van der Waals surface area (Å²) in [7, 11) is 3.09. The van der Waals surface area contributed by atoms with Gasteiger partial charge in [0.2, 0.25) is 5.43 Å². The zero-order chi connectivity index (χ0) is 28.9. The second kappa shape index (κ2) is 12.0. The number of rotatable bonds is 9. The smallest absolute Gasteiger partial charge is 0.263 e. The lowest BCUT2D eigenvalue weighted by Gasteiger charge is -2.22. The van der Waals surface area contributed by atoms with Gasteiger partial charge in [0.25, 0.3) is 5.91 Å². The molecule has 208 valence electrons. The Morgan fingerprint density at radius 3 is 2.24 bits per heavy atom. The molecule has 8 heteroatoms. The summed E-state index contributed by atoms with van der Waals surface area (Å²) in [4.78, 5) is 29.0. The molecule has 0 unspecified atom stereocenters. The third-order valence-corrected chi connectivity index (χ3v) is 6.75. The molecule has 1 aromatic heterocycles. The number of nitrogens with zero attached hydrogens (tertiary/aromatic N) is 2. The molecule has 0 N–H and O–H groups in total. The van der Waals surface area contributed by atoms with Gasteiger partial charge in [-0.05, 0) is 42.8 Å². The van der Waals surface area contributed by atoms with Crippen LogP contribution in [-0.4, -0.2) is 31.2 Å². The van der Waals surface area contributed by atoms with E-state index in [2.05, 4.69) is 0 Å². The standard InChI is InChI=1S/C33H29FN2O5/c1-4-35(24-12-8-11-23(34)15-24)33(38)30-20-36(25-16-27(39-2)18-28(17-25)40-3)31-19-26(13-14-29(31)32(30)37)41-21-22-9-6-5-7-10-22/h5-20H,4,21H2,1-3H3. The molecule has 5 rings (SSSR count). The molecular weight excluding hydrogens is 523 g/mol. The van der Waals surface area contributed by atoms with E-state index in [9.17, 15) is 14.0 Å². The molecule has 4 aromatic carbocycles. The van der Waals surface area contributed by atoms with Gasteiger partial charge in [-0.3, -0.25) is 9.59 Å². The van der Waals surface area contributed by atoms with E-state index in [1.54, 1.807) is 68.2 Å². The third-order valence-electron chi connectivity index (χ3n) is 6.75. The average molecular weight is 553 g/mol. The minimum absolute atomic E-state index is 0.0663. The van der Waals surface area contributed by atoms with Gasteiger partial charge in [0.15, 0.2) is 0 Å². The molecule has 0 bridgehead atoms. The first-order chi connectivity index (χ1) is 19.9. The minimum atomic E-state index is -0.544. The fraction of sp³-hybridized carbons (Fsp3) is 0.152. The van der Waals surface area contributed by atoms with E-state index in [1.165, 1.54) is 29.3 Å². The van der Waals surface area contributed by atoms with Crippen molar-refractivity contribution in [3.63, 3.8) is 0 Å². The van der Waals surface area contributed by atoms with Crippen molar-refractivity contribution in [1.29, 1.82) is 0 Å². The molecule has 0 fully saturated rings. The van der Waals surface area contributed by atoms with Crippen LogP contribution in [0, 0.1) is 5.82 Å². The summed E-state index contributed by atoms with van der Waals surface area (Å²) in [5.41, 5.74) is 1.98. The fourth-order valence-electron chi connectivity index (χ4n) is 4.67. The number of anilines is 1. The predicted molar refractivity (Wildman–Crippen MR) is 157 cm³/mol. The number of ether oxygens (including phenoxy) is 3. The summed E-state index contributed by atoms with van der Waals surface area (Å²) < 4.78 is 32.8. The van der Waals surface area contributed by atoms with Crippen LogP contribution >= 0.6 is 0 Å². The van der Waals surface area contributed by atoms with Crippen molar-refractivity contribution < 1.29 is 23.4 Å². The Hall–Kier alpha value is -5.11. The quantitative estimate of drug-likeness (QED) is 0.212. The van der Waals surface area contributed by atoms with Gasteiger partial charge in [0.1, 0.15) is 35.2 Å². The highest BCUT2D eigenvalue weighted by molar-refractivity contribution is 6.07. The lowest BCUT2D eigenvalue weighted by molar-refractivity contribution is 0.0987. The Bertz CT molecular complexity index is 1750. The molecule has 0 aliphatic heterocycles. The number of halogens is 1. The number of carbonyl (C=O) groups is 1. The second-order valence-electron chi connectivity index (χ2n) is 9.30. The molecule has 0 saturated carbocycles.